The zero-order valence-electron chi connectivity index (χ0n) is 13.4. The van der Waals surface area contributed by atoms with Crippen LogP contribution in [-0.4, -0.2) is 44.5 Å². The van der Waals surface area contributed by atoms with Crippen LogP contribution in [0.5, 0.6) is 5.75 Å². The second-order valence-corrected chi connectivity index (χ2v) is 5.89. The lowest BCUT2D eigenvalue weighted by atomic mass is 10.1. The molecule has 0 bridgehead atoms. The number of carboxylic acid groups (broad SMARTS) is 1. The van der Waals surface area contributed by atoms with E-state index in [-0.39, 0.29) is 5.69 Å². The van der Waals surface area contributed by atoms with Crippen molar-refractivity contribution >= 4 is 29.0 Å². The standard InChI is InChI=1S/C16H18N4O3S/c1-19-14(15(21)22)10-9-20(8-7-11(10)18-19)16(24)17-12-5-3-4-6-13(12)23-2/h3-6H,7-9H2,1-2H3,(H,17,24)(H,21,22). The molecule has 0 radical (unpaired) electrons. The molecule has 2 aromatic rings. The molecule has 0 spiro atoms. The van der Waals surface area contributed by atoms with Crippen molar-refractivity contribution in [3.8, 4) is 5.75 Å². The Morgan fingerprint density at radius 2 is 2.17 bits per heavy atom. The van der Waals surface area contributed by atoms with Crippen LogP contribution in [0.25, 0.3) is 0 Å². The van der Waals surface area contributed by atoms with Crippen LogP contribution < -0.4 is 10.1 Å². The summed E-state index contributed by atoms with van der Waals surface area (Å²) in [6.07, 6.45) is 0.657. The fourth-order valence-corrected chi connectivity index (χ4v) is 3.15. The van der Waals surface area contributed by atoms with Gasteiger partial charge in [-0.3, -0.25) is 4.68 Å². The van der Waals surface area contributed by atoms with Crippen LogP contribution in [0, 0.1) is 0 Å². The van der Waals surface area contributed by atoms with Gasteiger partial charge in [-0.25, -0.2) is 4.79 Å². The lowest BCUT2D eigenvalue weighted by Gasteiger charge is -2.29. The molecule has 0 atom stereocenters. The number of para-hydroxylation sites is 2. The van der Waals surface area contributed by atoms with Gasteiger partial charge in [0.25, 0.3) is 0 Å². The summed E-state index contributed by atoms with van der Waals surface area (Å²) in [5.41, 5.74) is 2.54. The second-order valence-electron chi connectivity index (χ2n) is 5.50. The van der Waals surface area contributed by atoms with E-state index >= 15 is 0 Å². The number of rotatable bonds is 3. The number of methoxy groups -OCH3 is 1. The highest BCUT2D eigenvalue weighted by atomic mass is 32.1. The maximum atomic E-state index is 11.5. The van der Waals surface area contributed by atoms with Crippen LogP contribution in [0.2, 0.25) is 0 Å². The van der Waals surface area contributed by atoms with Crippen LogP contribution in [0.1, 0.15) is 21.7 Å². The summed E-state index contributed by atoms with van der Waals surface area (Å²) >= 11 is 5.49. The van der Waals surface area contributed by atoms with Crippen molar-refractivity contribution in [3.63, 3.8) is 0 Å². The summed E-state index contributed by atoms with van der Waals surface area (Å²) in [7, 11) is 3.25. The average molecular weight is 346 g/mol. The molecule has 1 aliphatic rings. The smallest absolute Gasteiger partial charge is 0.354 e. The van der Waals surface area contributed by atoms with E-state index in [1.807, 2.05) is 29.2 Å². The Labute approximate surface area is 144 Å². The molecule has 0 unspecified atom stereocenters. The van der Waals surface area contributed by atoms with Gasteiger partial charge < -0.3 is 20.1 Å². The number of aromatic carboxylic acids is 1. The van der Waals surface area contributed by atoms with Crippen molar-refractivity contribution in [2.24, 2.45) is 7.05 Å². The van der Waals surface area contributed by atoms with Crippen molar-refractivity contribution in [3.05, 3.63) is 41.2 Å². The minimum atomic E-state index is -0.975. The topological polar surface area (TPSA) is 79.6 Å². The van der Waals surface area contributed by atoms with Gasteiger partial charge in [0.15, 0.2) is 10.8 Å². The third-order valence-electron chi connectivity index (χ3n) is 4.03. The first-order valence-electron chi connectivity index (χ1n) is 7.48. The van der Waals surface area contributed by atoms with Gasteiger partial charge in [-0.1, -0.05) is 12.1 Å². The molecular weight excluding hydrogens is 328 g/mol. The Bertz CT molecular complexity index is 803. The quantitative estimate of drug-likeness (QED) is 0.822. The lowest BCUT2D eigenvalue weighted by Crippen LogP contribution is -2.39. The first-order chi connectivity index (χ1) is 11.5. The Morgan fingerprint density at radius 3 is 2.88 bits per heavy atom. The van der Waals surface area contributed by atoms with Gasteiger partial charge in [0.1, 0.15) is 5.75 Å². The first-order valence-corrected chi connectivity index (χ1v) is 7.89. The largest absolute Gasteiger partial charge is 0.495 e. The summed E-state index contributed by atoms with van der Waals surface area (Å²) in [5.74, 6) is -0.276. The van der Waals surface area contributed by atoms with E-state index in [2.05, 4.69) is 10.4 Å². The van der Waals surface area contributed by atoms with E-state index < -0.39 is 5.97 Å². The summed E-state index contributed by atoms with van der Waals surface area (Å²) in [6, 6.07) is 7.51. The molecule has 0 fully saturated rings. The van der Waals surface area contributed by atoms with Gasteiger partial charge in [0, 0.05) is 32.1 Å². The van der Waals surface area contributed by atoms with E-state index in [0.29, 0.717) is 30.4 Å². The number of fused-ring (bicyclic) bond motifs is 1. The number of thiocarbonyl (C=S) groups is 1. The number of ether oxygens (including phenoxy) is 1. The van der Waals surface area contributed by atoms with E-state index in [9.17, 15) is 9.90 Å². The molecular formula is C16H18N4O3S. The number of nitrogens with one attached hydrogen (secondary N) is 1. The fourth-order valence-electron chi connectivity index (χ4n) is 2.88. The monoisotopic (exact) mass is 346 g/mol. The van der Waals surface area contributed by atoms with Gasteiger partial charge >= 0.3 is 5.97 Å². The first kappa shape index (κ1) is 16.3. The van der Waals surface area contributed by atoms with Crippen LogP contribution in [0.3, 0.4) is 0 Å². The van der Waals surface area contributed by atoms with Crippen molar-refractivity contribution in [2.75, 3.05) is 19.0 Å². The van der Waals surface area contributed by atoms with Gasteiger partial charge in [0.05, 0.1) is 18.5 Å². The Kier molecular flexibility index (Phi) is 4.39. The molecule has 3 rings (SSSR count). The van der Waals surface area contributed by atoms with Crippen molar-refractivity contribution in [1.82, 2.24) is 14.7 Å². The molecule has 1 aromatic heterocycles. The molecule has 0 aliphatic carbocycles. The highest BCUT2D eigenvalue weighted by Crippen LogP contribution is 2.26. The molecule has 2 N–H and O–H groups in total. The van der Waals surface area contributed by atoms with Crippen LogP contribution >= 0.6 is 12.2 Å². The number of benzene rings is 1. The molecule has 126 valence electrons. The predicted molar refractivity (Wildman–Crippen MR) is 93.5 cm³/mol. The molecule has 1 aromatic carbocycles. The van der Waals surface area contributed by atoms with Gasteiger partial charge in [0.2, 0.25) is 0 Å². The molecule has 7 nitrogen and oxygen atoms in total. The Hall–Kier alpha value is -2.61. The number of hydrogen-bond donors (Lipinski definition) is 2. The molecule has 2 heterocycles. The Balaban J connectivity index is 1.80. The molecule has 0 saturated carbocycles. The molecule has 1 aliphatic heterocycles. The van der Waals surface area contributed by atoms with Crippen LogP contribution in [0.15, 0.2) is 24.3 Å². The molecule has 0 amide bonds. The third kappa shape index (κ3) is 2.92. The van der Waals surface area contributed by atoms with Gasteiger partial charge in [-0.05, 0) is 24.4 Å². The fraction of sp³-hybridized carbons (Fsp3) is 0.312. The van der Waals surface area contributed by atoms with E-state index in [0.717, 1.165) is 16.9 Å². The predicted octanol–water partition coefficient (Wildman–Crippen LogP) is 1.88. The zero-order chi connectivity index (χ0) is 17.3. The summed E-state index contributed by atoms with van der Waals surface area (Å²) in [4.78, 5) is 13.4. The number of anilines is 1. The summed E-state index contributed by atoms with van der Waals surface area (Å²) in [6.45, 7) is 1.11. The van der Waals surface area contributed by atoms with Crippen molar-refractivity contribution in [2.45, 2.75) is 13.0 Å². The average Bonchev–Trinajstić information content (AvgIpc) is 2.90. The number of nitrogens with zero attached hydrogens (tertiary/aromatic N) is 3. The maximum Gasteiger partial charge on any atom is 0.354 e. The highest BCUT2D eigenvalue weighted by molar-refractivity contribution is 7.80. The van der Waals surface area contributed by atoms with Crippen molar-refractivity contribution < 1.29 is 14.6 Å². The van der Waals surface area contributed by atoms with E-state index in [4.69, 9.17) is 17.0 Å². The van der Waals surface area contributed by atoms with Crippen LogP contribution in [0.4, 0.5) is 5.69 Å². The van der Waals surface area contributed by atoms with Gasteiger partial charge in [-0.2, -0.15) is 5.10 Å². The number of aryl methyl sites for hydroxylation is 1. The SMILES string of the molecule is COc1ccccc1NC(=S)N1CCc2nn(C)c(C(=O)O)c2C1. The minimum Gasteiger partial charge on any atom is -0.495 e. The minimum absolute atomic E-state index is 0.217. The number of aromatic nitrogens is 2. The van der Waals surface area contributed by atoms with Crippen molar-refractivity contribution in [1.29, 1.82) is 0 Å². The highest BCUT2D eigenvalue weighted by Gasteiger charge is 2.28. The third-order valence-corrected chi connectivity index (χ3v) is 4.39. The molecule has 24 heavy (non-hydrogen) atoms. The normalized spacial score (nSPS) is 13.3. The maximum absolute atomic E-state index is 11.5. The molecule has 8 heteroatoms. The summed E-state index contributed by atoms with van der Waals surface area (Å²) < 4.78 is 6.74. The molecule has 0 saturated heterocycles. The summed E-state index contributed by atoms with van der Waals surface area (Å²) in [5, 5.41) is 17.4. The van der Waals surface area contributed by atoms with Gasteiger partial charge in [-0.15, -0.1) is 0 Å². The van der Waals surface area contributed by atoms with Crippen LogP contribution in [-0.2, 0) is 20.0 Å². The van der Waals surface area contributed by atoms with E-state index in [1.165, 1.54) is 4.68 Å². The number of hydrogen-bond acceptors (Lipinski definition) is 4. The second kappa shape index (κ2) is 6.48. The number of carbonyl (C=O) groups is 1. The lowest BCUT2D eigenvalue weighted by molar-refractivity contribution is 0.0683. The zero-order valence-corrected chi connectivity index (χ0v) is 14.3. The number of carboxylic acids is 1. The Morgan fingerprint density at radius 1 is 1.42 bits per heavy atom. The van der Waals surface area contributed by atoms with E-state index in [1.54, 1.807) is 14.2 Å².